The molecular weight excluding hydrogens is 388 g/mol. The maximum Gasteiger partial charge on any atom is 0.224 e. The normalized spacial score (nSPS) is 19.8. The molecule has 0 bridgehead atoms. The molecule has 2 aromatic carbocycles. The summed E-state index contributed by atoms with van der Waals surface area (Å²) in [5, 5.41) is 3.51. The number of fused-ring (bicyclic) bond motifs is 1. The molecule has 1 N–H and O–H groups in total. The molecule has 31 heavy (non-hydrogen) atoms. The van der Waals surface area contributed by atoms with E-state index in [1.165, 1.54) is 0 Å². The number of amides is 1. The third kappa shape index (κ3) is 4.09. The monoisotopic (exact) mass is 418 g/mol. The number of ketones is 1. The summed E-state index contributed by atoms with van der Waals surface area (Å²) >= 11 is 0. The lowest BCUT2D eigenvalue weighted by Gasteiger charge is -2.36. The Bertz CT molecular complexity index is 1050. The number of hydrogen-bond acceptors (Lipinski definition) is 4. The second kappa shape index (κ2) is 8.22. The van der Waals surface area contributed by atoms with Crippen molar-refractivity contribution in [2.24, 2.45) is 5.41 Å². The van der Waals surface area contributed by atoms with Gasteiger partial charge in [0, 0.05) is 24.6 Å². The molecule has 1 aliphatic carbocycles. The van der Waals surface area contributed by atoms with Crippen molar-refractivity contribution in [3.8, 4) is 5.75 Å². The molecule has 162 valence electrons. The first-order chi connectivity index (χ1) is 14.8. The highest BCUT2D eigenvalue weighted by molar-refractivity contribution is 6.05. The Morgan fingerprint density at radius 1 is 1.16 bits per heavy atom. The minimum absolute atomic E-state index is 0.0858. The van der Waals surface area contributed by atoms with Crippen molar-refractivity contribution in [2.75, 3.05) is 16.8 Å². The smallest absolute Gasteiger partial charge is 0.224 e. The Labute approximate surface area is 184 Å². The van der Waals surface area contributed by atoms with Gasteiger partial charge in [-0.05, 0) is 48.1 Å². The zero-order valence-electron chi connectivity index (χ0n) is 18.7. The van der Waals surface area contributed by atoms with E-state index in [4.69, 9.17) is 4.74 Å². The number of anilines is 2. The van der Waals surface area contributed by atoms with E-state index >= 15 is 0 Å². The molecule has 0 unspecified atom stereocenters. The zero-order valence-corrected chi connectivity index (χ0v) is 18.7. The molecule has 0 aromatic heterocycles. The quantitative estimate of drug-likeness (QED) is 0.698. The number of rotatable bonds is 4. The molecule has 4 rings (SSSR count). The Hall–Kier alpha value is -3.08. The van der Waals surface area contributed by atoms with Crippen LogP contribution < -0.4 is 15.0 Å². The van der Waals surface area contributed by atoms with E-state index in [1.807, 2.05) is 48.5 Å². The molecule has 1 heterocycles. The lowest BCUT2D eigenvalue weighted by atomic mass is 9.73. The summed E-state index contributed by atoms with van der Waals surface area (Å²) < 4.78 is 5.86. The van der Waals surface area contributed by atoms with Gasteiger partial charge in [-0.25, -0.2) is 0 Å². The summed E-state index contributed by atoms with van der Waals surface area (Å²) in [6.45, 7) is 8.48. The van der Waals surface area contributed by atoms with Gasteiger partial charge < -0.3 is 10.1 Å². The number of allylic oxidation sites excluding steroid dienone is 1. The van der Waals surface area contributed by atoms with Crippen LogP contribution in [0.2, 0.25) is 0 Å². The summed E-state index contributed by atoms with van der Waals surface area (Å²) in [6, 6.07) is 15.0. The van der Waals surface area contributed by atoms with E-state index in [-0.39, 0.29) is 17.1 Å². The number of ether oxygens (including phenoxy) is 1. The topological polar surface area (TPSA) is 58.6 Å². The van der Waals surface area contributed by atoms with Crippen LogP contribution in [0.5, 0.6) is 5.75 Å². The van der Waals surface area contributed by atoms with Crippen LogP contribution in [0.4, 0.5) is 11.4 Å². The Morgan fingerprint density at radius 3 is 2.68 bits per heavy atom. The fraction of sp³-hybridized carbons (Fsp3) is 0.385. The highest BCUT2D eigenvalue weighted by Gasteiger charge is 2.42. The van der Waals surface area contributed by atoms with E-state index < -0.39 is 6.04 Å². The third-order valence-electron chi connectivity index (χ3n) is 5.89. The number of carbonyl (C=O) groups is 2. The van der Waals surface area contributed by atoms with Crippen molar-refractivity contribution in [1.29, 1.82) is 0 Å². The summed E-state index contributed by atoms with van der Waals surface area (Å²) in [5.74, 6) is 0.729. The number of carbonyl (C=O) groups excluding carboxylic acids is 2. The van der Waals surface area contributed by atoms with Crippen molar-refractivity contribution < 1.29 is 14.3 Å². The van der Waals surface area contributed by atoms with Gasteiger partial charge in [0.2, 0.25) is 5.91 Å². The number of Topliss-reactive ketones (excluding diaryl/α,β-unsaturated/α-hetero) is 1. The van der Waals surface area contributed by atoms with Gasteiger partial charge >= 0.3 is 0 Å². The lowest BCUT2D eigenvalue weighted by molar-refractivity contribution is -0.118. The maximum atomic E-state index is 13.5. The number of nitrogens with zero attached hydrogens (tertiary/aromatic N) is 1. The minimum atomic E-state index is -0.502. The van der Waals surface area contributed by atoms with Crippen LogP contribution in [0.1, 0.15) is 58.6 Å². The van der Waals surface area contributed by atoms with Crippen molar-refractivity contribution in [1.82, 2.24) is 0 Å². The van der Waals surface area contributed by atoms with Crippen LogP contribution in [0, 0.1) is 5.41 Å². The van der Waals surface area contributed by atoms with Crippen molar-refractivity contribution >= 4 is 23.1 Å². The van der Waals surface area contributed by atoms with Crippen molar-refractivity contribution in [3.63, 3.8) is 0 Å². The third-order valence-corrected chi connectivity index (χ3v) is 5.89. The highest BCUT2D eigenvalue weighted by atomic mass is 16.5. The van der Waals surface area contributed by atoms with Gasteiger partial charge in [0.15, 0.2) is 5.78 Å². The molecule has 0 saturated heterocycles. The second-order valence-electron chi connectivity index (χ2n) is 9.19. The summed E-state index contributed by atoms with van der Waals surface area (Å²) in [4.78, 5) is 28.2. The van der Waals surface area contributed by atoms with Gasteiger partial charge in [0.05, 0.1) is 24.0 Å². The fourth-order valence-corrected chi connectivity index (χ4v) is 4.65. The average molecular weight is 419 g/mol. The van der Waals surface area contributed by atoms with Gasteiger partial charge in [0.1, 0.15) is 5.75 Å². The summed E-state index contributed by atoms with van der Waals surface area (Å²) in [7, 11) is 0. The molecule has 2 aliphatic rings. The molecule has 1 aliphatic heterocycles. The number of para-hydroxylation sites is 2. The van der Waals surface area contributed by atoms with E-state index in [1.54, 1.807) is 11.8 Å². The van der Waals surface area contributed by atoms with Gasteiger partial charge in [0.25, 0.3) is 0 Å². The SMILES string of the molecule is CCCOc1cccc([C@@H]2C3=C(CC(C)(C)CC3=O)Nc3ccccc3N2C(C)=O)c1. The van der Waals surface area contributed by atoms with Crippen LogP contribution in [0.25, 0.3) is 0 Å². The number of hydrogen-bond donors (Lipinski definition) is 1. The van der Waals surface area contributed by atoms with Gasteiger partial charge in [-0.3, -0.25) is 14.5 Å². The Balaban J connectivity index is 1.94. The molecule has 2 aromatic rings. The maximum absolute atomic E-state index is 13.5. The van der Waals surface area contributed by atoms with Crippen LogP contribution >= 0.6 is 0 Å². The van der Waals surface area contributed by atoms with Crippen LogP contribution in [0.3, 0.4) is 0 Å². The molecular formula is C26H30N2O3. The second-order valence-corrected chi connectivity index (χ2v) is 9.19. The predicted molar refractivity (Wildman–Crippen MR) is 123 cm³/mol. The van der Waals surface area contributed by atoms with E-state index in [2.05, 4.69) is 26.1 Å². The lowest BCUT2D eigenvalue weighted by Crippen LogP contribution is -2.38. The standard InChI is InChI=1S/C26H30N2O3/c1-5-13-31-19-10-8-9-18(14-19)25-24-21(15-26(3,4)16-23(24)30)27-20-11-6-7-12-22(20)28(25)17(2)29/h6-12,14,25,27H,5,13,15-16H2,1-4H3/t25-/m1/s1. The molecule has 0 radical (unpaired) electrons. The predicted octanol–water partition coefficient (Wildman–Crippen LogP) is 5.64. The molecule has 1 atom stereocenters. The highest BCUT2D eigenvalue weighted by Crippen LogP contribution is 2.48. The number of nitrogens with one attached hydrogen (secondary N) is 1. The van der Waals surface area contributed by atoms with E-state index in [9.17, 15) is 9.59 Å². The molecule has 0 spiro atoms. The molecule has 0 saturated carbocycles. The molecule has 0 fully saturated rings. The van der Waals surface area contributed by atoms with Gasteiger partial charge in [-0.2, -0.15) is 0 Å². The average Bonchev–Trinajstić information content (AvgIpc) is 2.85. The number of benzene rings is 2. The van der Waals surface area contributed by atoms with Gasteiger partial charge in [-0.1, -0.05) is 45.0 Å². The molecule has 5 heteroatoms. The first-order valence-corrected chi connectivity index (χ1v) is 11.0. The largest absolute Gasteiger partial charge is 0.494 e. The van der Waals surface area contributed by atoms with E-state index in [0.29, 0.717) is 18.6 Å². The van der Waals surface area contributed by atoms with Crippen molar-refractivity contribution in [3.05, 3.63) is 65.4 Å². The van der Waals surface area contributed by atoms with Crippen LogP contribution in [-0.4, -0.2) is 18.3 Å². The summed E-state index contributed by atoms with van der Waals surface area (Å²) in [5.41, 5.74) is 3.94. The summed E-state index contributed by atoms with van der Waals surface area (Å²) in [6.07, 6.45) is 2.11. The minimum Gasteiger partial charge on any atom is -0.494 e. The molecule has 1 amide bonds. The zero-order chi connectivity index (χ0) is 22.2. The van der Waals surface area contributed by atoms with Gasteiger partial charge in [-0.15, -0.1) is 0 Å². The Kier molecular flexibility index (Phi) is 5.61. The first kappa shape index (κ1) is 21.2. The van der Waals surface area contributed by atoms with Crippen LogP contribution in [-0.2, 0) is 9.59 Å². The van der Waals surface area contributed by atoms with Crippen molar-refractivity contribution in [2.45, 2.75) is 53.0 Å². The fourth-order valence-electron chi connectivity index (χ4n) is 4.65. The van der Waals surface area contributed by atoms with Crippen LogP contribution in [0.15, 0.2) is 59.8 Å². The molecule has 5 nitrogen and oxygen atoms in total. The van der Waals surface area contributed by atoms with E-state index in [0.717, 1.165) is 41.2 Å². The first-order valence-electron chi connectivity index (χ1n) is 11.0. The Morgan fingerprint density at radius 2 is 1.94 bits per heavy atom.